The Kier molecular flexibility index (Phi) is 4.81. The van der Waals surface area contributed by atoms with E-state index in [0.29, 0.717) is 11.5 Å². The van der Waals surface area contributed by atoms with Crippen molar-refractivity contribution in [2.45, 2.75) is 13.0 Å². The van der Waals surface area contributed by atoms with E-state index >= 15 is 0 Å². The van der Waals surface area contributed by atoms with Crippen molar-refractivity contribution in [3.05, 3.63) is 47.8 Å². The summed E-state index contributed by atoms with van der Waals surface area (Å²) in [5.74, 6) is 1.12. The largest absolute Gasteiger partial charge is 0.497 e. The van der Waals surface area contributed by atoms with Crippen molar-refractivity contribution in [1.29, 1.82) is 0 Å². The van der Waals surface area contributed by atoms with Gasteiger partial charge in [-0.1, -0.05) is 6.07 Å². The monoisotopic (exact) mass is 289 g/mol. The summed E-state index contributed by atoms with van der Waals surface area (Å²) in [6, 6.07) is 10.4. The minimum Gasteiger partial charge on any atom is -0.497 e. The van der Waals surface area contributed by atoms with Crippen molar-refractivity contribution in [2.24, 2.45) is 0 Å². The highest BCUT2D eigenvalue weighted by molar-refractivity contribution is 5.75. The zero-order valence-electron chi connectivity index (χ0n) is 12.7. The van der Waals surface area contributed by atoms with E-state index in [4.69, 9.17) is 9.47 Å². The molecular formula is C17H20FNO2. The maximum Gasteiger partial charge on any atom is 0.126 e. The molecule has 3 nitrogen and oxygen atoms in total. The molecule has 0 bridgehead atoms. The van der Waals surface area contributed by atoms with Gasteiger partial charge in [-0.2, -0.15) is 0 Å². The molecule has 2 rings (SSSR count). The first-order valence-electron chi connectivity index (χ1n) is 6.79. The molecule has 2 aromatic rings. The quantitative estimate of drug-likeness (QED) is 0.908. The summed E-state index contributed by atoms with van der Waals surface area (Å²) in [4.78, 5) is 0. The van der Waals surface area contributed by atoms with Gasteiger partial charge in [0, 0.05) is 11.6 Å². The topological polar surface area (TPSA) is 30.5 Å². The zero-order chi connectivity index (χ0) is 15.4. The molecule has 0 aliphatic carbocycles. The summed E-state index contributed by atoms with van der Waals surface area (Å²) in [6.07, 6.45) is 0. The standard InChI is InChI=1S/C17H20FNO2/c1-11(19-2)14-7-5-12(18)9-15(14)16-10-13(20-3)6-8-17(16)21-4/h5-11,19H,1-4H3. The molecule has 0 saturated heterocycles. The number of hydrogen-bond acceptors (Lipinski definition) is 3. The highest BCUT2D eigenvalue weighted by Gasteiger charge is 2.16. The number of nitrogens with one attached hydrogen (secondary N) is 1. The van der Waals surface area contributed by atoms with Crippen LogP contribution in [0, 0.1) is 5.82 Å². The molecule has 0 aliphatic heterocycles. The zero-order valence-corrected chi connectivity index (χ0v) is 12.7. The molecule has 1 unspecified atom stereocenters. The van der Waals surface area contributed by atoms with Gasteiger partial charge < -0.3 is 14.8 Å². The molecule has 21 heavy (non-hydrogen) atoms. The lowest BCUT2D eigenvalue weighted by Crippen LogP contribution is -2.13. The van der Waals surface area contributed by atoms with Gasteiger partial charge in [-0.3, -0.25) is 0 Å². The molecule has 112 valence electrons. The fraction of sp³-hybridized carbons (Fsp3) is 0.294. The molecule has 0 radical (unpaired) electrons. The van der Waals surface area contributed by atoms with E-state index in [1.807, 2.05) is 32.2 Å². The predicted molar refractivity (Wildman–Crippen MR) is 82.4 cm³/mol. The maximum absolute atomic E-state index is 13.7. The Hall–Kier alpha value is -2.07. The number of halogens is 1. The average Bonchev–Trinajstić information content (AvgIpc) is 2.53. The molecule has 0 aromatic heterocycles. The van der Waals surface area contributed by atoms with Crippen LogP contribution in [-0.2, 0) is 0 Å². The van der Waals surface area contributed by atoms with Gasteiger partial charge in [-0.15, -0.1) is 0 Å². The summed E-state index contributed by atoms with van der Waals surface area (Å²) in [7, 11) is 5.08. The summed E-state index contributed by atoms with van der Waals surface area (Å²) in [6.45, 7) is 2.03. The summed E-state index contributed by atoms with van der Waals surface area (Å²) >= 11 is 0. The summed E-state index contributed by atoms with van der Waals surface area (Å²) < 4.78 is 24.4. The van der Waals surface area contributed by atoms with Gasteiger partial charge in [0.15, 0.2) is 0 Å². The Morgan fingerprint density at radius 3 is 2.38 bits per heavy atom. The van der Waals surface area contributed by atoms with E-state index in [-0.39, 0.29) is 11.9 Å². The Labute approximate surface area is 124 Å². The first kappa shape index (κ1) is 15.3. The molecule has 0 heterocycles. The highest BCUT2D eigenvalue weighted by atomic mass is 19.1. The van der Waals surface area contributed by atoms with Gasteiger partial charge >= 0.3 is 0 Å². The average molecular weight is 289 g/mol. The van der Waals surface area contributed by atoms with Crippen LogP contribution >= 0.6 is 0 Å². The summed E-state index contributed by atoms with van der Waals surface area (Å²) in [5, 5.41) is 3.18. The third-order valence-electron chi connectivity index (χ3n) is 3.61. The molecule has 4 heteroatoms. The Balaban J connectivity index is 2.67. The smallest absolute Gasteiger partial charge is 0.126 e. The van der Waals surface area contributed by atoms with E-state index in [9.17, 15) is 4.39 Å². The van der Waals surface area contributed by atoms with Crippen molar-refractivity contribution in [3.63, 3.8) is 0 Å². The van der Waals surface area contributed by atoms with Crippen LogP contribution in [0.1, 0.15) is 18.5 Å². The van der Waals surface area contributed by atoms with E-state index in [0.717, 1.165) is 16.7 Å². The normalized spacial score (nSPS) is 12.0. The van der Waals surface area contributed by atoms with Gasteiger partial charge in [-0.05, 0) is 55.4 Å². The van der Waals surface area contributed by atoms with E-state index in [2.05, 4.69) is 5.32 Å². The van der Waals surface area contributed by atoms with Crippen molar-refractivity contribution in [1.82, 2.24) is 5.32 Å². The lowest BCUT2D eigenvalue weighted by Gasteiger charge is -2.18. The predicted octanol–water partition coefficient (Wildman–Crippen LogP) is 3.79. The van der Waals surface area contributed by atoms with Crippen LogP contribution in [0.5, 0.6) is 11.5 Å². The lowest BCUT2D eigenvalue weighted by molar-refractivity contribution is 0.404. The molecule has 0 amide bonds. The van der Waals surface area contributed by atoms with Crippen LogP contribution in [0.2, 0.25) is 0 Å². The molecule has 0 aliphatic rings. The van der Waals surface area contributed by atoms with E-state index in [1.165, 1.54) is 12.1 Å². The molecule has 1 N–H and O–H groups in total. The Morgan fingerprint density at radius 2 is 1.76 bits per heavy atom. The SMILES string of the molecule is CNC(C)c1ccc(F)cc1-c1cc(OC)ccc1OC. The third-order valence-corrected chi connectivity index (χ3v) is 3.61. The number of benzene rings is 2. The molecule has 0 fully saturated rings. The van der Waals surface area contributed by atoms with Crippen molar-refractivity contribution < 1.29 is 13.9 Å². The fourth-order valence-electron chi connectivity index (χ4n) is 2.32. The number of methoxy groups -OCH3 is 2. The van der Waals surface area contributed by atoms with Gasteiger partial charge in [0.05, 0.1) is 14.2 Å². The van der Waals surface area contributed by atoms with Gasteiger partial charge in [0.2, 0.25) is 0 Å². The minimum atomic E-state index is -0.276. The Morgan fingerprint density at radius 1 is 1.00 bits per heavy atom. The second-order valence-corrected chi connectivity index (χ2v) is 4.81. The molecule has 2 aromatic carbocycles. The number of hydrogen-bond donors (Lipinski definition) is 1. The van der Waals surface area contributed by atoms with E-state index < -0.39 is 0 Å². The molecule has 1 atom stereocenters. The molecular weight excluding hydrogens is 269 g/mol. The van der Waals surface area contributed by atoms with Crippen LogP contribution in [0.3, 0.4) is 0 Å². The van der Waals surface area contributed by atoms with Crippen LogP contribution in [0.15, 0.2) is 36.4 Å². The number of ether oxygens (including phenoxy) is 2. The number of rotatable bonds is 5. The van der Waals surface area contributed by atoms with Gasteiger partial charge in [0.1, 0.15) is 17.3 Å². The van der Waals surface area contributed by atoms with Crippen LogP contribution in [0.4, 0.5) is 4.39 Å². The first-order valence-corrected chi connectivity index (χ1v) is 6.79. The second kappa shape index (κ2) is 6.59. The second-order valence-electron chi connectivity index (χ2n) is 4.81. The maximum atomic E-state index is 13.7. The van der Waals surface area contributed by atoms with E-state index in [1.54, 1.807) is 20.3 Å². The van der Waals surface area contributed by atoms with Gasteiger partial charge in [0.25, 0.3) is 0 Å². The molecule has 0 saturated carbocycles. The fourth-order valence-corrected chi connectivity index (χ4v) is 2.32. The minimum absolute atomic E-state index is 0.0940. The Bertz CT molecular complexity index is 628. The van der Waals surface area contributed by atoms with Crippen molar-refractivity contribution in [2.75, 3.05) is 21.3 Å². The highest BCUT2D eigenvalue weighted by Crippen LogP contribution is 2.37. The molecule has 0 spiro atoms. The van der Waals surface area contributed by atoms with Gasteiger partial charge in [-0.25, -0.2) is 4.39 Å². The summed E-state index contributed by atoms with van der Waals surface area (Å²) in [5.41, 5.74) is 2.62. The van der Waals surface area contributed by atoms with Crippen LogP contribution in [0.25, 0.3) is 11.1 Å². The lowest BCUT2D eigenvalue weighted by atomic mass is 9.94. The van der Waals surface area contributed by atoms with Crippen LogP contribution < -0.4 is 14.8 Å². The first-order chi connectivity index (χ1) is 10.1. The third kappa shape index (κ3) is 3.16. The van der Waals surface area contributed by atoms with Crippen molar-refractivity contribution >= 4 is 0 Å². The van der Waals surface area contributed by atoms with Crippen molar-refractivity contribution in [3.8, 4) is 22.6 Å². The van der Waals surface area contributed by atoms with Crippen LogP contribution in [-0.4, -0.2) is 21.3 Å².